The molecule has 0 aliphatic rings. The normalized spacial score (nSPS) is 10.7. The fraction of sp³-hybridized carbons (Fsp3) is 0. The van der Waals surface area contributed by atoms with Crippen LogP contribution in [0, 0.1) is 0 Å². The molecule has 0 spiro atoms. The number of carbonyl (C=O) groups is 1. The van der Waals surface area contributed by atoms with Gasteiger partial charge in [0.1, 0.15) is 17.5 Å². The topological polar surface area (TPSA) is 94.3 Å². The van der Waals surface area contributed by atoms with Crippen LogP contribution in [0.1, 0.15) is 10.6 Å². The first kappa shape index (κ1) is 10.4. The van der Waals surface area contributed by atoms with E-state index in [0.717, 1.165) is 5.39 Å². The van der Waals surface area contributed by atoms with Crippen molar-refractivity contribution in [1.82, 2.24) is 5.16 Å². The number of aromatic nitrogens is 1. The number of furan rings is 1. The number of rotatable bonds is 2. The summed E-state index contributed by atoms with van der Waals surface area (Å²) in [6.07, 6.45) is 2.73. The summed E-state index contributed by atoms with van der Waals surface area (Å²) in [5, 5.41) is 6.86. The van der Waals surface area contributed by atoms with E-state index in [1.807, 2.05) is 0 Å². The molecule has 0 fully saturated rings. The Morgan fingerprint density at radius 3 is 3.00 bits per heavy atom. The first-order chi connectivity index (χ1) is 8.72. The summed E-state index contributed by atoms with van der Waals surface area (Å²) in [6.45, 7) is 0. The van der Waals surface area contributed by atoms with Crippen LogP contribution in [0.25, 0.3) is 11.0 Å². The molecule has 0 saturated carbocycles. The molecule has 0 aliphatic heterocycles. The van der Waals surface area contributed by atoms with Crippen LogP contribution >= 0.6 is 0 Å². The predicted molar refractivity (Wildman–Crippen MR) is 65.1 cm³/mol. The smallest absolute Gasteiger partial charge is 0.291 e. The lowest BCUT2D eigenvalue weighted by atomic mass is 10.2. The number of benzene rings is 1. The second-order valence-electron chi connectivity index (χ2n) is 3.78. The SMILES string of the molecule is Nc1ccc2oc(C(=O)Nc3cnoc3)cc2c1. The van der Waals surface area contributed by atoms with E-state index in [-0.39, 0.29) is 11.7 Å². The Hall–Kier alpha value is -2.76. The van der Waals surface area contributed by atoms with Gasteiger partial charge in [-0.1, -0.05) is 5.16 Å². The summed E-state index contributed by atoms with van der Waals surface area (Å²) in [7, 11) is 0. The molecule has 0 aliphatic carbocycles. The molecule has 18 heavy (non-hydrogen) atoms. The zero-order valence-electron chi connectivity index (χ0n) is 9.21. The third-order valence-corrected chi connectivity index (χ3v) is 2.45. The van der Waals surface area contributed by atoms with Crippen LogP contribution < -0.4 is 11.1 Å². The maximum absolute atomic E-state index is 11.9. The molecule has 0 radical (unpaired) electrons. The number of amides is 1. The highest BCUT2D eigenvalue weighted by molar-refractivity contribution is 6.04. The number of carbonyl (C=O) groups excluding carboxylic acids is 1. The van der Waals surface area contributed by atoms with Gasteiger partial charge in [0.15, 0.2) is 5.76 Å². The summed E-state index contributed by atoms with van der Waals surface area (Å²) >= 11 is 0. The van der Waals surface area contributed by atoms with Crippen LogP contribution in [0.15, 0.2) is 45.7 Å². The maximum atomic E-state index is 11.9. The van der Waals surface area contributed by atoms with E-state index in [2.05, 4.69) is 15.0 Å². The molecule has 90 valence electrons. The minimum absolute atomic E-state index is 0.205. The molecule has 2 heterocycles. The Labute approximate surface area is 101 Å². The molecule has 3 rings (SSSR count). The molecule has 1 aromatic carbocycles. The third-order valence-electron chi connectivity index (χ3n) is 2.45. The van der Waals surface area contributed by atoms with Crippen LogP contribution in [0.4, 0.5) is 11.4 Å². The predicted octanol–water partition coefficient (Wildman–Crippen LogP) is 2.26. The Kier molecular flexibility index (Phi) is 2.26. The van der Waals surface area contributed by atoms with Gasteiger partial charge in [-0.15, -0.1) is 0 Å². The van der Waals surface area contributed by atoms with Gasteiger partial charge in [-0.25, -0.2) is 0 Å². The van der Waals surface area contributed by atoms with Crippen molar-refractivity contribution in [3.05, 3.63) is 42.5 Å². The lowest BCUT2D eigenvalue weighted by Crippen LogP contribution is -2.09. The standard InChI is InChI=1S/C12H9N3O3/c13-8-1-2-10-7(3-8)4-11(18-10)12(16)15-9-5-14-17-6-9/h1-6H,13H2,(H,15,16). The molecular weight excluding hydrogens is 234 g/mol. The Morgan fingerprint density at radius 2 is 2.22 bits per heavy atom. The van der Waals surface area contributed by atoms with E-state index >= 15 is 0 Å². The number of nitrogens with one attached hydrogen (secondary N) is 1. The van der Waals surface area contributed by atoms with Crippen molar-refractivity contribution in [2.75, 3.05) is 11.1 Å². The zero-order chi connectivity index (χ0) is 12.5. The molecule has 3 aromatic rings. The fourth-order valence-electron chi connectivity index (χ4n) is 1.63. The monoisotopic (exact) mass is 243 g/mol. The van der Waals surface area contributed by atoms with Crippen LogP contribution in [0.5, 0.6) is 0 Å². The largest absolute Gasteiger partial charge is 0.451 e. The van der Waals surface area contributed by atoms with Crippen LogP contribution in [0.3, 0.4) is 0 Å². The van der Waals surface area contributed by atoms with Gasteiger partial charge < -0.3 is 20.0 Å². The second-order valence-corrected chi connectivity index (χ2v) is 3.78. The molecule has 0 atom stereocenters. The van der Waals surface area contributed by atoms with Gasteiger partial charge in [0, 0.05) is 11.1 Å². The van der Waals surface area contributed by atoms with Crippen LogP contribution in [-0.2, 0) is 0 Å². The van der Waals surface area contributed by atoms with E-state index in [0.29, 0.717) is 17.0 Å². The van der Waals surface area contributed by atoms with Gasteiger partial charge in [0.05, 0.1) is 6.20 Å². The number of fused-ring (bicyclic) bond motifs is 1. The number of nitrogens with two attached hydrogens (primary N) is 1. The highest BCUT2D eigenvalue weighted by atomic mass is 16.5. The Morgan fingerprint density at radius 1 is 1.33 bits per heavy atom. The van der Waals surface area contributed by atoms with Crippen molar-refractivity contribution < 1.29 is 13.7 Å². The van der Waals surface area contributed by atoms with Gasteiger partial charge in [-0.2, -0.15) is 0 Å². The van der Waals surface area contributed by atoms with E-state index in [4.69, 9.17) is 10.2 Å². The summed E-state index contributed by atoms with van der Waals surface area (Å²) < 4.78 is 10.0. The third kappa shape index (κ3) is 1.80. The van der Waals surface area contributed by atoms with E-state index < -0.39 is 0 Å². The molecule has 1 amide bonds. The highest BCUT2D eigenvalue weighted by Crippen LogP contribution is 2.22. The maximum Gasteiger partial charge on any atom is 0.291 e. The number of anilines is 2. The minimum atomic E-state index is -0.368. The zero-order valence-corrected chi connectivity index (χ0v) is 9.21. The molecule has 0 unspecified atom stereocenters. The van der Waals surface area contributed by atoms with Crippen molar-refractivity contribution in [3.8, 4) is 0 Å². The summed E-state index contributed by atoms with van der Waals surface area (Å²) in [6, 6.07) is 6.82. The van der Waals surface area contributed by atoms with E-state index in [1.165, 1.54) is 12.5 Å². The Balaban J connectivity index is 1.92. The highest BCUT2D eigenvalue weighted by Gasteiger charge is 2.13. The molecule has 6 nitrogen and oxygen atoms in total. The molecule has 3 N–H and O–H groups in total. The molecule has 6 heteroatoms. The van der Waals surface area contributed by atoms with Crippen molar-refractivity contribution in [2.45, 2.75) is 0 Å². The van der Waals surface area contributed by atoms with Crippen LogP contribution in [0.2, 0.25) is 0 Å². The minimum Gasteiger partial charge on any atom is -0.451 e. The number of hydrogen-bond donors (Lipinski definition) is 2. The van der Waals surface area contributed by atoms with Crippen molar-refractivity contribution in [2.24, 2.45) is 0 Å². The fourth-order valence-corrected chi connectivity index (χ4v) is 1.63. The molecule has 0 saturated heterocycles. The quantitative estimate of drug-likeness (QED) is 0.673. The second kappa shape index (κ2) is 3.92. The molecular formula is C12H9N3O3. The average molecular weight is 243 g/mol. The first-order valence-corrected chi connectivity index (χ1v) is 5.22. The van der Waals surface area contributed by atoms with Gasteiger partial charge in [-0.3, -0.25) is 4.79 Å². The summed E-state index contributed by atoms with van der Waals surface area (Å²) in [5.74, 6) is -0.162. The number of hydrogen-bond acceptors (Lipinski definition) is 5. The lowest BCUT2D eigenvalue weighted by molar-refractivity contribution is 0.0998. The van der Waals surface area contributed by atoms with E-state index in [9.17, 15) is 4.79 Å². The van der Waals surface area contributed by atoms with Crippen LogP contribution in [-0.4, -0.2) is 11.1 Å². The van der Waals surface area contributed by atoms with Gasteiger partial charge >= 0.3 is 0 Å². The number of nitrogens with zero attached hydrogens (tertiary/aromatic N) is 1. The molecule has 2 aromatic heterocycles. The number of nitrogen functional groups attached to an aromatic ring is 1. The summed E-state index contributed by atoms with van der Waals surface area (Å²) in [4.78, 5) is 11.9. The molecule has 0 bridgehead atoms. The van der Waals surface area contributed by atoms with Crippen molar-refractivity contribution in [3.63, 3.8) is 0 Å². The van der Waals surface area contributed by atoms with Crippen molar-refractivity contribution in [1.29, 1.82) is 0 Å². The van der Waals surface area contributed by atoms with E-state index in [1.54, 1.807) is 24.3 Å². The lowest BCUT2D eigenvalue weighted by Gasteiger charge is -1.96. The first-order valence-electron chi connectivity index (χ1n) is 5.22. The van der Waals surface area contributed by atoms with Gasteiger partial charge in [0.25, 0.3) is 5.91 Å². The van der Waals surface area contributed by atoms with Crippen molar-refractivity contribution >= 4 is 28.3 Å². The average Bonchev–Trinajstić information content (AvgIpc) is 2.96. The van der Waals surface area contributed by atoms with Gasteiger partial charge in [0.2, 0.25) is 0 Å². The van der Waals surface area contributed by atoms with Gasteiger partial charge in [-0.05, 0) is 24.3 Å². The summed E-state index contributed by atoms with van der Waals surface area (Å²) in [5.41, 5.74) is 7.36. The Bertz CT molecular complexity index is 701.